The second-order valence-electron chi connectivity index (χ2n) is 17.3. The number of hydrogen-bond acceptors (Lipinski definition) is 4. The standard InChI is InChI=1S/C38H34N3O.C15H18NSi.Ir/c1-22(2)30-20-27(26-13-8-7-9-14-26)21-31(23(3)4)36(30)41-33-18-11-10-17-32(33)40-38(41)29-16-12-15-28-35-25(6)39-24(5)19-34(35)42-37(28)29;1-12-5-7-13(8-6-12)15-10-9-14(11-16-15)17(2,3)4;/h7-15,17-23H,1-6H3;5-7,9-11H,1-4H3;/q2*-1;. The van der Waals surface area contributed by atoms with E-state index >= 15 is 0 Å². The monoisotopic (exact) mass is 981 g/mol. The van der Waals surface area contributed by atoms with E-state index in [1.54, 1.807) is 0 Å². The predicted molar refractivity (Wildman–Crippen MR) is 250 cm³/mol. The molecule has 7 heteroatoms. The maximum Gasteiger partial charge on any atom is 0.124 e. The number of furan rings is 1. The van der Waals surface area contributed by atoms with Gasteiger partial charge in [0.25, 0.3) is 0 Å². The summed E-state index contributed by atoms with van der Waals surface area (Å²) in [5.74, 6) is 1.41. The second kappa shape index (κ2) is 17.3. The number of fused-ring (bicyclic) bond motifs is 4. The van der Waals surface area contributed by atoms with Crippen molar-refractivity contribution in [3.05, 3.63) is 162 Å². The van der Waals surface area contributed by atoms with Crippen molar-refractivity contribution in [2.24, 2.45) is 0 Å². The third-order valence-electron chi connectivity index (χ3n) is 11.1. The van der Waals surface area contributed by atoms with Gasteiger partial charge in [-0.15, -0.1) is 53.6 Å². The Kier molecular flexibility index (Phi) is 12.3. The van der Waals surface area contributed by atoms with Crippen LogP contribution in [-0.4, -0.2) is 27.6 Å². The first-order valence-corrected chi connectivity index (χ1v) is 24.2. The van der Waals surface area contributed by atoms with Gasteiger partial charge in [0, 0.05) is 54.8 Å². The van der Waals surface area contributed by atoms with Crippen LogP contribution in [0, 0.1) is 32.9 Å². The molecule has 0 amide bonds. The maximum absolute atomic E-state index is 6.59. The fourth-order valence-corrected chi connectivity index (χ4v) is 8.99. The number of nitrogens with zero attached hydrogens (tertiary/aromatic N) is 4. The number of pyridine rings is 2. The SMILES string of the molecule is Cc1c[c-]c(-c2ccc([Si](C)(C)C)cn2)cc1.Cc1cc2oc3c(-c4nc5ccccc5n4-c4c(C(C)C)cc(-c5ccccc5)cc4C(C)C)[c-]ccc3c2c(C)n1.[Ir]. The summed E-state index contributed by atoms with van der Waals surface area (Å²) in [6.45, 7) is 22.2. The summed E-state index contributed by atoms with van der Waals surface area (Å²) in [6, 6.07) is 47.2. The summed E-state index contributed by atoms with van der Waals surface area (Å²) in [5, 5.41) is 3.48. The van der Waals surface area contributed by atoms with Crippen LogP contribution < -0.4 is 5.19 Å². The first kappa shape index (κ1) is 42.7. The average Bonchev–Trinajstić information content (AvgIpc) is 3.79. The van der Waals surface area contributed by atoms with Crippen LogP contribution in [0.1, 0.15) is 67.6 Å². The molecule has 0 bridgehead atoms. The van der Waals surface area contributed by atoms with Gasteiger partial charge in [-0.25, -0.2) is 0 Å². The van der Waals surface area contributed by atoms with Crippen LogP contribution in [0.3, 0.4) is 0 Å². The van der Waals surface area contributed by atoms with Crippen molar-refractivity contribution in [3.8, 4) is 39.5 Å². The number of hydrogen-bond donors (Lipinski definition) is 0. The van der Waals surface area contributed by atoms with Gasteiger partial charge in [-0.3, -0.25) is 9.97 Å². The van der Waals surface area contributed by atoms with Gasteiger partial charge >= 0.3 is 0 Å². The van der Waals surface area contributed by atoms with Gasteiger partial charge in [0.2, 0.25) is 0 Å². The first-order valence-electron chi connectivity index (χ1n) is 20.7. The fraction of sp³-hybridized carbons (Fsp3) is 0.226. The summed E-state index contributed by atoms with van der Waals surface area (Å²) in [7, 11) is -1.24. The molecule has 0 atom stereocenters. The van der Waals surface area contributed by atoms with Gasteiger partial charge in [0.05, 0.1) is 30.5 Å². The molecule has 4 heterocycles. The van der Waals surface area contributed by atoms with Crippen LogP contribution in [0.5, 0.6) is 0 Å². The zero-order chi connectivity index (χ0) is 41.6. The molecule has 0 aliphatic heterocycles. The molecule has 0 unspecified atom stereocenters. The van der Waals surface area contributed by atoms with Gasteiger partial charge in [0.15, 0.2) is 0 Å². The largest absolute Gasteiger partial charge is 0.500 e. The Labute approximate surface area is 369 Å². The number of aromatic nitrogens is 4. The van der Waals surface area contributed by atoms with E-state index in [1.165, 1.54) is 38.7 Å². The van der Waals surface area contributed by atoms with E-state index in [-0.39, 0.29) is 31.9 Å². The Morgan fingerprint density at radius 3 is 2.05 bits per heavy atom. The summed E-state index contributed by atoms with van der Waals surface area (Å²) in [4.78, 5) is 14.5. The molecular weight excluding hydrogens is 929 g/mol. The molecule has 60 heavy (non-hydrogen) atoms. The summed E-state index contributed by atoms with van der Waals surface area (Å²) >= 11 is 0. The number of aryl methyl sites for hydroxylation is 3. The Morgan fingerprint density at radius 2 is 1.42 bits per heavy atom. The van der Waals surface area contributed by atoms with E-state index in [2.05, 4.69) is 173 Å². The molecule has 0 saturated heterocycles. The van der Waals surface area contributed by atoms with Crippen molar-refractivity contribution >= 4 is 46.2 Å². The molecule has 0 N–H and O–H groups in total. The van der Waals surface area contributed by atoms with Gasteiger partial charge in [-0.2, -0.15) is 0 Å². The Balaban J connectivity index is 0.000000255. The molecule has 0 spiro atoms. The van der Waals surface area contributed by atoms with Gasteiger partial charge in [-0.05, 0) is 83.1 Å². The normalized spacial score (nSPS) is 11.7. The van der Waals surface area contributed by atoms with Crippen molar-refractivity contribution in [1.82, 2.24) is 19.5 Å². The van der Waals surface area contributed by atoms with E-state index in [1.807, 2.05) is 38.2 Å². The van der Waals surface area contributed by atoms with Crippen LogP contribution in [0.2, 0.25) is 19.6 Å². The molecule has 4 aromatic heterocycles. The molecule has 0 aliphatic carbocycles. The van der Waals surface area contributed by atoms with Crippen LogP contribution in [0.15, 0.2) is 126 Å². The van der Waals surface area contributed by atoms with Gasteiger partial charge in [0.1, 0.15) is 5.58 Å². The average molecular weight is 981 g/mol. The molecular formula is C53H52IrN4OSi-2. The minimum Gasteiger partial charge on any atom is -0.500 e. The topological polar surface area (TPSA) is 56.7 Å². The van der Waals surface area contributed by atoms with Crippen LogP contribution in [0.4, 0.5) is 0 Å². The quantitative estimate of drug-likeness (QED) is 0.118. The molecule has 5 nitrogen and oxygen atoms in total. The molecule has 0 aliphatic rings. The maximum atomic E-state index is 6.59. The minimum atomic E-state index is -1.24. The third kappa shape index (κ3) is 8.32. The van der Waals surface area contributed by atoms with Gasteiger partial charge in [-0.1, -0.05) is 120 Å². The predicted octanol–water partition coefficient (Wildman–Crippen LogP) is 13.7. The molecule has 9 rings (SSSR count). The number of benzene rings is 5. The van der Waals surface area contributed by atoms with E-state index < -0.39 is 8.07 Å². The first-order chi connectivity index (χ1) is 28.3. The van der Waals surface area contributed by atoms with E-state index in [0.717, 1.165) is 67.0 Å². The number of imidazole rings is 1. The summed E-state index contributed by atoms with van der Waals surface area (Å²) in [5.41, 5.74) is 15.9. The zero-order valence-corrected chi connectivity index (χ0v) is 39.6. The van der Waals surface area contributed by atoms with Crippen LogP contribution in [-0.2, 0) is 20.1 Å². The molecule has 1 radical (unpaired) electrons. The van der Waals surface area contributed by atoms with Crippen molar-refractivity contribution in [1.29, 1.82) is 0 Å². The Hall–Kier alpha value is -5.46. The van der Waals surface area contributed by atoms with Crippen molar-refractivity contribution in [2.45, 2.75) is 79.9 Å². The van der Waals surface area contributed by atoms with E-state index in [9.17, 15) is 0 Å². The van der Waals surface area contributed by atoms with Gasteiger partial charge < -0.3 is 14.0 Å². The van der Waals surface area contributed by atoms with Crippen LogP contribution >= 0.6 is 0 Å². The van der Waals surface area contributed by atoms with Crippen molar-refractivity contribution in [2.75, 3.05) is 0 Å². The Bertz CT molecular complexity index is 2910. The molecule has 305 valence electrons. The second-order valence-corrected chi connectivity index (χ2v) is 22.4. The van der Waals surface area contributed by atoms with E-state index in [4.69, 9.17) is 14.4 Å². The Morgan fingerprint density at radius 1 is 0.717 bits per heavy atom. The van der Waals surface area contributed by atoms with Crippen molar-refractivity contribution < 1.29 is 24.5 Å². The smallest absolute Gasteiger partial charge is 0.124 e. The minimum absolute atomic E-state index is 0. The third-order valence-corrected chi connectivity index (χ3v) is 13.2. The number of para-hydroxylation sites is 2. The van der Waals surface area contributed by atoms with E-state index in [0.29, 0.717) is 0 Å². The zero-order valence-electron chi connectivity index (χ0n) is 36.2. The molecule has 0 saturated carbocycles. The molecule has 9 aromatic rings. The fourth-order valence-electron chi connectivity index (χ4n) is 7.96. The summed E-state index contributed by atoms with van der Waals surface area (Å²) < 4.78 is 8.95. The molecule has 0 fully saturated rings. The number of rotatable bonds is 7. The van der Waals surface area contributed by atoms with Crippen molar-refractivity contribution in [3.63, 3.8) is 0 Å². The van der Waals surface area contributed by atoms with Crippen LogP contribution in [0.25, 0.3) is 72.4 Å². The molecule has 5 aromatic carbocycles. The summed E-state index contributed by atoms with van der Waals surface area (Å²) in [6.07, 6.45) is 2.02.